The van der Waals surface area contributed by atoms with Gasteiger partial charge in [0.1, 0.15) is 12.4 Å². The van der Waals surface area contributed by atoms with Gasteiger partial charge < -0.3 is 20.1 Å². The summed E-state index contributed by atoms with van der Waals surface area (Å²) in [6, 6.07) is 39.4. The van der Waals surface area contributed by atoms with E-state index in [1.54, 1.807) is 7.11 Å². The van der Waals surface area contributed by atoms with Gasteiger partial charge in [0.2, 0.25) is 0 Å². The van der Waals surface area contributed by atoms with Crippen molar-refractivity contribution in [1.82, 2.24) is 4.90 Å². The highest BCUT2D eigenvalue weighted by atomic mass is 32.2. The molecule has 0 spiro atoms. The Bertz CT molecular complexity index is 1240. The van der Waals surface area contributed by atoms with Crippen molar-refractivity contribution in [3.05, 3.63) is 138 Å². The van der Waals surface area contributed by atoms with Crippen LogP contribution in [0.2, 0.25) is 0 Å². The number of nitrogens with two attached hydrogens (primary N) is 1. The molecule has 0 radical (unpaired) electrons. The molecular weight excluding hydrogens is 504 g/mol. The molecule has 0 saturated carbocycles. The van der Waals surface area contributed by atoms with Crippen LogP contribution in [0, 0.1) is 0 Å². The van der Waals surface area contributed by atoms with E-state index in [-0.39, 0.29) is 24.0 Å². The molecule has 2 atom stereocenters. The summed E-state index contributed by atoms with van der Waals surface area (Å²) >= 11 is 1.90. The van der Waals surface area contributed by atoms with Gasteiger partial charge in [-0.1, -0.05) is 103 Å². The van der Waals surface area contributed by atoms with Crippen LogP contribution in [-0.2, 0) is 16.1 Å². The molecule has 1 aliphatic rings. The number of ether oxygens (including phenoxy) is 2. The first-order valence-corrected chi connectivity index (χ1v) is 14.1. The third-order valence-corrected chi connectivity index (χ3v) is 9.02. The van der Waals surface area contributed by atoms with Crippen LogP contribution in [0.4, 0.5) is 4.79 Å². The Hall–Kier alpha value is -3.74. The normalized spacial score (nSPS) is 17.1. The lowest BCUT2D eigenvalue weighted by Crippen LogP contribution is -2.40. The number of hydrogen-bond donors (Lipinski definition) is 1. The van der Waals surface area contributed by atoms with Crippen molar-refractivity contribution in [1.29, 1.82) is 0 Å². The third-order valence-electron chi connectivity index (χ3n) is 7.29. The van der Waals surface area contributed by atoms with Crippen molar-refractivity contribution in [2.24, 2.45) is 5.73 Å². The topological polar surface area (TPSA) is 64.8 Å². The van der Waals surface area contributed by atoms with Crippen LogP contribution < -0.4 is 10.5 Å². The Balaban J connectivity index is 1.42. The highest BCUT2D eigenvalue weighted by Crippen LogP contribution is 2.52. The van der Waals surface area contributed by atoms with Crippen molar-refractivity contribution in [3.63, 3.8) is 0 Å². The summed E-state index contributed by atoms with van der Waals surface area (Å²) in [5, 5.41) is 0.160. The Labute approximate surface area is 234 Å². The molecule has 4 aromatic carbocycles. The SMILES string of the molecule is COc1ccc(COC(=O)N2C[C@@H](SC(c3ccccc3)(c3ccccc3)c3ccccc3)C[C@H]2CN)cc1. The number of benzene rings is 4. The van der Waals surface area contributed by atoms with Crippen LogP contribution in [0.1, 0.15) is 28.7 Å². The van der Waals surface area contributed by atoms with Crippen LogP contribution in [0.15, 0.2) is 115 Å². The van der Waals surface area contributed by atoms with Crippen LogP contribution in [0.5, 0.6) is 5.75 Å². The van der Waals surface area contributed by atoms with Crippen LogP contribution in [-0.4, -0.2) is 42.5 Å². The maximum absolute atomic E-state index is 13.2. The predicted molar refractivity (Wildman–Crippen MR) is 158 cm³/mol. The maximum Gasteiger partial charge on any atom is 0.410 e. The van der Waals surface area contributed by atoms with Gasteiger partial charge in [-0.3, -0.25) is 0 Å². The summed E-state index contributed by atoms with van der Waals surface area (Å²) in [5.41, 5.74) is 10.7. The van der Waals surface area contributed by atoms with E-state index in [1.807, 2.05) is 40.9 Å². The number of carbonyl (C=O) groups is 1. The van der Waals surface area contributed by atoms with E-state index in [9.17, 15) is 4.79 Å². The zero-order chi connectivity index (χ0) is 27.1. The van der Waals surface area contributed by atoms with E-state index in [1.165, 1.54) is 16.7 Å². The average Bonchev–Trinajstić information content (AvgIpc) is 3.43. The number of amides is 1. The van der Waals surface area contributed by atoms with Crippen LogP contribution >= 0.6 is 11.8 Å². The van der Waals surface area contributed by atoms with E-state index < -0.39 is 4.75 Å². The molecular formula is C33H34N2O3S. The van der Waals surface area contributed by atoms with Gasteiger partial charge in [0.25, 0.3) is 0 Å². The number of hydrogen-bond acceptors (Lipinski definition) is 5. The molecule has 0 aliphatic carbocycles. The Morgan fingerprint density at radius 3 is 1.82 bits per heavy atom. The second kappa shape index (κ2) is 12.4. The Morgan fingerprint density at radius 1 is 0.846 bits per heavy atom. The number of methoxy groups -OCH3 is 1. The van der Waals surface area contributed by atoms with Crippen molar-refractivity contribution in [2.45, 2.75) is 29.1 Å². The molecule has 0 unspecified atom stereocenters. The summed E-state index contributed by atoms with van der Waals surface area (Å²) < 4.78 is 10.5. The van der Waals surface area contributed by atoms with Crippen molar-refractivity contribution < 1.29 is 14.3 Å². The average molecular weight is 539 g/mol. The molecule has 1 amide bonds. The lowest BCUT2D eigenvalue weighted by atomic mass is 9.84. The quantitative estimate of drug-likeness (QED) is 0.248. The number of rotatable bonds is 9. The molecule has 39 heavy (non-hydrogen) atoms. The van der Waals surface area contributed by atoms with Crippen molar-refractivity contribution >= 4 is 17.9 Å². The van der Waals surface area contributed by atoms with E-state index in [4.69, 9.17) is 15.2 Å². The predicted octanol–water partition coefficient (Wildman–Crippen LogP) is 6.46. The molecule has 2 N–H and O–H groups in total. The van der Waals surface area contributed by atoms with E-state index >= 15 is 0 Å². The summed E-state index contributed by atoms with van der Waals surface area (Å²) in [6.07, 6.45) is 0.474. The Kier molecular flexibility index (Phi) is 8.54. The lowest BCUT2D eigenvalue weighted by Gasteiger charge is -2.37. The summed E-state index contributed by atoms with van der Waals surface area (Å²) in [5.74, 6) is 0.770. The molecule has 6 heteroatoms. The third kappa shape index (κ3) is 5.82. The van der Waals surface area contributed by atoms with Gasteiger partial charge in [0, 0.05) is 24.4 Å². The minimum Gasteiger partial charge on any atom is -0.497 e. The van der Waals surface area contributed by atoms with Gasteiger partial charge in [-0.2, -0.15) is 0 Å². The molecule has 0 bridgehead atoms. The zero-order valence-corrected chi connectivity index (χ0v) is 22.9. The molecule has 1 heterocycles. The fraction of sp³-hybridized carbons (Fsp3) is 0.242. The van der Waals surface area contributed by atoms with E-state index in [0.717, 1.165) is 17.7 Å². The molecule has 1 fully saturated rings. The highest BCUT2D eigenvalue weighted by Gasteiger charge is 2.44. The zero-order valence-electron chi connectivity index (χ0n) is 22.1. The summed E-state index contributed by atoms with van der Waals surface area (Å²) in [6.45, 7) is 1.17. The minimum atomic E-state index is -0.448. The smallest absolute Gasteiger partial charge is 0.410 e. The number of carbonyl (C=O) groups excluding carboxylic acids is 1. The fourth-order valence-corrected chi connectivity index (χ4v) is 7.20. The monoisotopic (exact) mass is 538 g/mol. The highest BCUT2D eigenvalue weighted by molar-refractivity contribution is 8.01. The molecule has 1 saturated heterocycles. The standard InChI is InChI=1S/C33H34N2O3S/c1-37-30-19-17-25(18-20-30)24-38-32(36)35-23-31(21-29(35)22-34)39-33(26-11-5-2-6-12-26,27-13-7-3-8-14-27)28-15-9-4-10-16-28/h2-20,29,31H,21-24,34H2,1H3/t29-,31-/m0/s1. The molecule has 4 aromatic rings. The van der Waals surface area contributed by atoms with Gasteiger partial charge >= 0.3 is 6.09 Å². The van der Waals surface area contributed by atoms with Gasteiger partial charge in [0.05, 0.1) is 11.9 Å². The molecule has 1 aliphatic heterocycles. The maximum atomic E-state index is 13.2. The van der Waals surface area contributed by atoms with E-state index in [2.05, 4.69) is 91.0 Å². The molecule has 5 nitrogen and oxygen atoms in total. The first-order valence-electron chi connectivity index (χ1n) is 13.2. The summed E-state index contributed by atoms with van der Waals surface area (Å²) in [4.78, 5) is 15.1. The second-order valence-corrected chi connectivity index (χ2v) is 11.2. The first-order chi connectivity index (χ1) is 19.1. The molecule has 5 rings (SSSR count). The minimum absolute atomic E-state index is 0.0779. The lowest BCUT2D eigenvalue weighted by molar-refractivity contribution is 0.0932. The largest absolute Gasteiger partial charge is 0.497 e. The van der Waals surface area contributed by atoms with Crippen molar-refractivity contribution in [2.75, 3.05) is 20.2 Å². The molecule has 200 valence electrons. The van der Waals surface area contributed by atoms with Gasteiger partial charge in [-0.15, -0.1) is 11.8 Å². The van der Waals surface area contributed by atoms with E-state index in [0.29, 0.717) is 13.1 Å². The van der Waals surface area contributed by atoms with Gasteiger partial charge in [-0.05, 0) is 40.8 Å². The molecule has 0 aromatic heterocycles. The Morgan fingerprint density at radius 2 is 1.36 bits per heavy atom. The van der Waals surface area contributed by atoms with Crippen molar-refractivity contribution in [3.8, 4) is 5.75 Å². The van der Waals surface area contributed by atoms with Crippen LogP contribution in [0.25, 0.3) is 0 Å². The van der Waals surface area contributed by atoms with Gasteiger partial charge in [0.15, 0.2) is 0 Å². The number of nitrogens with zero attached hydrogens (tertiary/aromatic N) is 1. The van der Waals surface area contributed by atoms with Crippen LogP contribution in [0.3, 0.4) is 0 Å². The summed E-state index contributed by atoms with van der Waals surface area (Å²) in [7, 11) is 1.63. The second-order valence-electron chi connectivity index (χ2n) is 9.70. The fourth-order valence-electron chi connectivity index (χ4n) is 5.33. The number of likely N-dealkylation sites (tertiary alicyclic amines) is 1. The number of thioether (sulfide) groups is 1. The first kappa shape index (κ1) is 26.9. The van der Waals surface area contributed by atoms with Gasteiger partial charge in [-0.25, -0.2) is 4.79 Å².